The Hall–Kier alpha value is -1.53. The first-order valence-electron chi connectivity index (χ1n) is 5.48. The van der Waals surface area contributed by atoms with Crippen molar-refractivity contribution in [3.63, 3.8) is 0 Å². The Morgan fingerprint density at radius 2 is 2.11 bits per heavy atom. The second kappa shape index (κ2) is 5.22. The number of alkyl halides is 3. The third-order valence-corrected chi connectivity index (χ3v) is 2.77. The maximum Gasteiger partial charge on any atom is 0.433 e. The summed E-state index contributed by atoms with van der Waals surface area (Å²) >= 11 is 5.79. The minimum absolute atomic E-state index is 0.0926. The van der Waals surface area contributed by atoms with Crippen LogP contribution in [0.15, 0.2) is 30.5 Å². The van der Waals surface area contributed by atoms with E-state index in [1.54, 1.807) is 19.2 Å². The highest BCUT2D eigenvalue weighted by atomic mass is 35.5. The van der Waals surface area contributed by atoms with E-state index in [1.165, 1.54) is 18.3 Å². The molecule has 0 spiro atoms. The first kappa shape index (κ1) is 13.9. The fraction of sp³-hybridized carbons (Fsp3) is 0.250. The van der Waals surface area contributed by atoms with Crippen molar-refractivity contribution in [2.75, 3.05) is 7.05 Å². The van der Waals surface area contributed by atoms with Crippen LogP contribution < -0.4 is 5.32 Å². The summed E-state index contributed by atoms with van der Waals surface area (Å²) in [5.41, 5.74) is -0.415. The molecule has 19 heavy (non-hydrogen) atoms. The molecule has 0 amide bonds. The van der Waals surface area contributed by atoms with Crippen LogP contribution in [0.1, 0.15) is 11.3 Å². The van der Waals surface area contributed by atoms with E-state index in [4.69, 9.17) is 11.6 Å². The number of hydrogen-bond acceptors (Lipinski definition) is 2. The molecule has 2 aromatic rings. The van der Waals surface area contributed by atoms with Gasteiger partial charge in [0.2, 0.25) is 0 Å². The smallest absolute Gasteiger partial charge is 0.316 e. The van der Waals surface area contributed by atoms with E-state index in [9.17, 15) is 13.2 Å². The zero-order valence-corrected chi connectivity index (χ0v) is 10.8. The fourth-order valence-electron chi connectivity index (χ4n) is 1.81. The average molecular weight is 290 g/mol. The van der Waals surface area contributed by atoms with Crippen molar-refractivity contribution in [1.29, 1.82) is 0 Å². The van der Waals surface area contributed by atoms with Gasteiger partial charge >= 0.3 is 6.18 Å². The van der Waals surface area contributed by atoms with E-state index in [0.29, 0.717) is 5.02 Å². The molecule has 0 saturated carbocycles. The van der Waals surface area contributed by atoms with Crippen LogP contribution in [0, 0.1) is 0 Å². The van der Waals surface area contributed by atoms with E-state index < -0.39 is 11.9 Å². The summed E-state index contributed by atoms with van der Waals surface area (Å²) in [4.78, 5) is 0. The van der Waals surface area contributed by atoms with Crippen molar-refractivity contribution in [3.8, 4) is 5.69 Å². The lowest BCUT2D eigenvalue weighted by Gasteiger charge is -2.12. The largest absolute Gasteiger partial charge is 0.433 e. The summed E-state index contributed by atoms with van der Waals surface area (Å²) in [5, 5.41) is 6.86. The van der Waals surface area contributed by atoms with Crippen LogP contribution in [0.25, 0.3) is 5.69 Å². The van der Waals surface area contributed by atoms with Crippen molar-refractivity contribution >= 4 is 11.6 Å². The summed E-state index contributed by atoms with van der Waals surface area (Å²) in [6.45, 7) is 0.0927. The lowest BCUT2D eigenvalue weighted by molar-refractivity contribution is -0.143. The van der Waals surface area contributed by atoms with Gasteiger partial charge in [-0.2, -0.15) is 18.3 Å². The van der Waals surface area contributed by atoms with Crippen molar-refractivity contribution < 1.29 is 13.2 Å². The van der Waals surface area contributed by atoms with Crippen LogP contribution in [-0.4, -0.2) is 16.8 Å². The average Bonchev–Trinajstić information content (AvgIpc) is 2.73. The molecule has 7 heteroatoms. The highest BCUT2D eigenvalue weighted by Crippen LogP contribution is 2.33. The molecule has 1 aromatic carbocycles. The molecule has 0 fully saturated rings. The van der Waals surface area contributed by atoms with Crippen molar-refractivity contribution in [1.82, 2.24) is 15.1 Å². The van der Waals surface area contributed by atoms with Crippen LogP contribution in [0.3, 0.4) is 0 Å². The van der Waals surface area contributed by atoms with Crippen molar-refractivity contribution in [3.05, 3.63) is 46.7 Å². The van der Waals surface area contributed by atoms with Gasteiger partial charge in [-0.3, -0.25) is 0 Å². The van der Waals surface area contributed by atoms with Gasteiger partial charge in [-0.1, -0.05) is 17.7 Å². The maximum absolute atomic E-state index is 13.1. The fourth-order valence-corrected chi connectivity index (χ4v) is 1.99. The minimum Gasteiger partial charge on any atom is -0.316 e. The third kappa shape index (κ3) is 2.90. The zero-order chi connectivity index (χ0) is 14.0. The van der Waals surface area contributed by atoms with Gasteiger partial charge in [0.15, 0.2) is 5.69 Å². The molecule has 3 nitrogen and oxygen atoms in total. The molecule has 0 saturated heterocycles. The van der Waals surface area contributed by atoms with Gasteiger partial charge in [0, 0.05) is 17.1 Å². The number of benzene rings is 1. The monoisotopic (exact) mass is 289 g/mol. The van der Waals surface area contributed by atoms with E-state index >= 15 is 0 Å². The second-order valence-electron chi connectivity index (χ2n) is 3.94. The van der Waals surface area contributed by atoms with Gasteiger partial charge in [0.05, 0.1) is 11.9 Å². The molecule has 2 rings (SSSR count). The first-order chi connectivity index (χ1) is 8.93. The number of rotatable bonds is 3. The van der Waals surface area contributed by atoms with Gasteiger partial charge in [0.25, 0.3) is 0 Å². The third-order valence-electron chi connectivity index (χ3n) is 2.53. The Morgan fingerprint density at radius 1 is 1.37 bits per heavy atom. The van der Waals surface area contributed by atoms with Crippen LogP contribution in [0.4, 0.5) is 13.2 Å². The van der Waals surface area contributed by atoms with E-state index in [1.807, 2.05) is 0 Å². The van der Waals surface area contributed by atoms with E-state index in [0.717, 1.165) is 4.68 Å². The molecule has 0 unspecified atom stereocenters. The molecule has 1 aromatic heterocycles. The Labute approximate surface area is 113 Å². The highest BCUT2D eigenvalue weighted by Gasteiger charge is 2.38. The Balaban J connectivity index is 2.58. The maximum atomic E-state index is 13.1. The SMILES string of the molecule is CNCc1cnn(-c2cccc(Cl)c2)c1C(F)(F)F. The Kier molecular flexibility index (Phi) is 3.82. The summed E-state index contributed by atoms with van der Waals surface area (Å²) in [6.07, 6.45) is -3.27. The molecule has 1 N–H and O–H groups in total. The molecule has 0 aliphatic carbocycles. The molecule has 102 valence electrons. The summed E-state index contributed by atoms with van der Waals surface area (Å²) in [6, 6.07) is 6.14. The lowest BCUT2D eigenvalue weighted by Crippen LogP contribution is -2.17. The Bertz CT molecular complexity index is 578. The quantitative estimate of drug-likeness (QED) is 0.940. The van der Waals surface area contributed by atoms with E-state index in [2.05, 4.69) is 10.4 Å². The molecule has 1 heterocycles. The summed E-state index contributed by atoms with van der Waals surface area (Å²) < 4.78 is 40.3. The number of halogens is 4. The zero-order valence-electron chi connectivity index (χ0n) is 10.0. The molecule has 0 bridgehead atoms. The highest BCUT2D eigenvalue weighted by molar-refractivity contribution is 6.30. The van der Waals surface area contributed by atoms with Crippen LogP contribution in [-0.2, 0) is 12.7 Å². The molecule has 0 aliphatic rings. The topological polar surface area (TPSA) is 29.9 Å². The van der Waals surface area contributed by atoms with Crippen LogP contribution in [0.2, 0.25) is 5.02 Å². The van der Waals surface area contributed by atoms with Gasteiger partial charge < -0.3 is 5.32 Å². The van der Waals surface area contributed by atoms with Gasteiger partial charge in [-0.15, -0.1) is 0 Å². The van der Waals surface area contributed by atoms with Gasteiger partial charge in [-0.05, 0) is 25.2 Å². The lowest BCUT2D eigenvalue weighted by atomic mass is 10.2. The minimum atomic E-state index is -4.48. The Morgan fingerprint density at radius 3 is 2.68 bits per heavy atom. The second-order valence-corrected chi connectivity index (χ2v) is 4.37. The predicted molar refractivity (Wildman–Crippen MR) is 66.3 cm³/mol. The molecule has 0 atom stereocenters. The standard InChI is InChI=1S/C12H11ClF3N3/c1-17-6-8-7-18-19(11(8)12(14,15)16)10-4-2-3-9(13)5-10/h2-5,7,17H,6H2,1H3. The first-order valence-corrected chi connectivity index (χ1v) is 5.86. The molecule has 0 aliphatic heterocycles. The summed E-state index contributed by atoms with van der Waals surface area (Å²) in [5.74, 6) is 0. The van der Waals surface area contributed by atoms with Gasteiger partial charge in [-0.25, -0.2) is 4.68 Å². The van der Waals surface area contributed by atoms with Crippen LogP contribution >= 0.6 is 11.6 Å². The van der Waals surface area contributed by atoms with Gasteiger partial charge in [0.1, 0.15) is 0 Å². The predicted octanol–water partition coefficient (Wildman–Crippen LogP) is 3.26. The summed E-state index contributed by atoms with van der Waals surface area (Å²) in [7, 11) is 1.58. The van der Waals surface area contributed by atoms with Crippen molar-refractivity contribution in [2.45, 2.75) is 12.7 Å². The molecule has 0 radical (unpaired) electrons. The molecular weight excluding hydrogens is 279 g/mol. The van der Waals surface area contributed by atoms with Crippen molar-refractivity contribution in [2.24, 2.45) is 0 Å². The number of hydrogen-bond donors (Lipinski definition) is 1. The normalized spacial score (nSPS) is 11.8. The number of nitrogens with one attached hydrogen (secondary N) is 1. The number of nitrogens with zero attached hydrogens (tertiary/aromatic N) is 2. The van der Waals surface area contributed by atoms with E-state index in [-0.39, 0.29) is 17.8 Å². The van der Waals surface area contributed by atoms with Crippen LogP contribution in [0.5, 0.6) is 0 Å². The number of aromatic nitrogens is 2. The molecular formula is C12H11ClF3N3.